The van der Waals surface area contributed by atoms with Gasteiger partial charge in [-0.1, -0.05) is 59.6 Å². The van der Waals surface area contributed by atoms with Gasteiger partial charge in [-0.2, -0.15) is 5.10 Å². The highest BCUT2D eigenvalue weighted by atomic mass is 35.5. The highest BCUT2D eigenvalue weighted by Crippen LogP contribution is 2.39. The molecule has 2 aliphatic rings. The number of fused-ring (bicyclic) bond motifs is 1. The summed E-state index contributed by atoms with van der Waals surface area (Å²) >= 11 is 12.5. The zero-order valence-corrected chi connectivity index (χ0v) is 19.3. The van der Waals surface area contributed by atoms with Crippen molar-refractivity contribution in [3.05, 3.63) is 93.2 Å². The Kier molecular flexibility index (Phi) is 5.70. The van der Waals surface area contributed by atoms with Crippen LogP contribution in [0.5, 0.6) is 0 Å². The lowest BCUT2D eigenvalue weighted by Crippen LogP contribution is -2.41. The number of aromatic nitrogens is 2. The second-order valence-corrected chi connectivity index (χ2v) is 9.20. The van der Waals surface area contributed by atoms with Crippen LogP contribution in [0, 0.1) is 0 Å². The number of benzene rings is 2. The van der Waals surface area contributed by atoms with E-state index in [1.165, 1.54) is 5.56 Å². The summed E-state index contributed by atoms with van der Waals surface area (Å²) in [6.07, 6.45) is 4.61. The van der Waals surface area contributed by atoms with Gasteiger partial charge in [0.15, 0.2) is 0 Å². The molecule has 2 unspecified atom stereocenters. The fraction of sp³-hybridized carbons (Fsp3) is 0.280. The molecule has 2 aliphatic heterocycles. The number of hydrogen-bond acceptors (Lipinski definition) is 3. The molecule has 32 heavy (non-hydrogen) atoms. The average Bonchev–Trinajstić information content (AvgIpc) is 3.44. The fourth-order valence-electron chi connectivity index (χ4n) is 4.83. The van der Waals surface area contributed by atoms with Crippen LogP contribution in [0.4, 0.5) is 5.82 Å². The molecule has 1 fully saturated rings. The van der Waals surface area contributed by atoms with Gasteiger partial charge in [-0.25, -0.2) is 4.68 Å². The van der Waals surface area contributed by atoms with Gasteiger partial charge in [0.2, 0.25) is 0 Å². The summed E-state index contributed by atoms with van der Waals surface area (Å²) in [4.78, 5) is 16.0. The zero-order chi connectivity index (χ0) is 22.2. The van der Waals surface area contributed by atoms with E-state index in [9.17, 15) is 4.79 Å². The van der Waals surface area contributed by atoms with E-state index >= 15 is 0 Å². The van der Waals surface area contributed by atoms with E-state index in [0.29, 0.717) is 15.6 Å². The molecule has 3 aromatic rings. The summed E-state index contributed by atoms with van der Waals surface area (Å²) in [6.45, 7) is 2.71. The number of likely N-dealkylation sites (tertiary alicyclic amines) is 1. The van der Waals surface area contributed by atoms with Gasteiger partial charge in [-0.3, -0.25) is 4.79 Å². The smallest absolute Gasteiger partial charge is 0.254 e. The lowest BCUT2D eigenvalue weighted by molar-refractivity contribution is -0.128. The normalized spacial score (nSPS) is 20.3. The quantitative estimate of drug-likeness (QED) is 0.535. The molecular formula is C25H24Cl2N4O. The van der Waals surface area contributed by atoms with Crippen LogP contribution in [-0.2, 0) is 11.2 Å². The van der Waals surface area contributed by atoms with Crippen LogP contribution >= 0.6 is 23.2 Å². The van der Waals surface area contributed by atoms with Crippen molar-refractivity contribution in [1.29, 1.82) is 0 Å². The molecule has 2 aromatic carbocycles. The highest BCUT2D eigenvalue weighted by Gasteiger charge is 2.38. The number of rotatable bonds is 4. The van der Waals surface area contributed by atoms with Crippen LogP contribution in [0.2, 0.25) is 10.0 Å². The summed E-state index contributed by atoms with van der Waals surface area (Å²) in [7, 11) is 0. The molecule has 1 aromatic heterocycles. The van der Waals surface area contributed by atoms with Crippen LogP contribution in [0.1, 0.15) is 36.9 Å². The molecule has 2 atom stereocenters. The van der Waals surface area contributed by atoms with Crippen molar-refractivity contribution in [2.24, 2.45) is 0 Å². The van der Waals surface area contributed by atoms with Gasteiger partial charge in [0.05, 0.1) is 21.8 Å². The first kappa shape index (κ1) is 21.1. The monoisotopic (exact) mass is 466 g/mol. The largest absolute Gasteiger partial charge is 0.344 e. The molecule has 0 radical (unpaired) electrons. The van der Waals surface area contributed by atoms with Crippen molar-refractivity contribution in [3.8, 4) is 0 Å². The van der Waals surface area contributed by atoms with Gasteiger partial charge >= 0.3 is 0 Å². The maximum absolute atomic E-state index is 14.0. The lowest BCUT2D eigenvalue weighted by Gasteiger charge is -2.34. The van der Waals surface area contributed by atoms with Gasteiger partial charge in [0.1, 0.15) is 11.9 Å². The van der Waals surface area contributed by atoms with E-state index < -0.39 is 0 Å². The van der Waals surface area contributed by atoms with Gasteiger partial charge in [-0.05, 0) is 49.4 Å². The van der Waals surface area contributed by atoms with E-state index in [-0.39, 0.29) is 18.0 Å². The van der Waals surface area contributed by atoms with Crippen molar-refractivity contribution in [1.82, 2.24) is 14.7 Å². The predicted octanol–water partition coefficient (Wildman–Crippen LogP) is 5.71. The number of amides is 1. The Morgan fingerprint density at radius 3 is 2.72 bits per heavy atom. The van der Waals surface area contributed by atoms with Gasteiger partial charge in [0.25, 0.3) is 5.91 Å². The van der Waals surface area contributed by atoms with Crippen molar-refractivity contribution in [2.45, 2.75) is 38.3 Å². The summed E-state index contributed by atoms with van der Waals surface area (Å²) in [6, 6.07) is 17.6. The van der Waals surface area contributed by atoms with Crippen LogP contribution < -0.4 is 5.32 Å². The number of carbonyl (C=O) groups excluding carboxylic acids is 1. The first-order valence-corrected chi connectivity index (χ1v) is 11.6. The van der Waals surface area contributed by atoms with E-state index in [4.69, 9.17) is 23.2 Å². The SMILES string of the molecule is CC1=C(C(=O)N2CCCC2Cc2ccccc2)C(c2ccc(Cl)c(Cl)c2)n2nccc2N1. The first-order valence-electron chi connectivity index (χ1n) is 10.8. The summed E-state index contributed by atoms with van der Waals surface area (Å²) in [5, 5.41) is 8.83. The average molecular weight is 467 g/mol. The second kappa shape index (κ2) is 8.64. The molecule has 1 amide bonds. The van der Waals surface area contributed by atoms with Crippen LogP contribution in [0.3, 0.4) is 0 Å². The predicted molar refractivity (Wildman–Crippen MR) is 128 cm³/mol. The number of nitrogens with one attached hydrogen (secondary N) is 1. The number of nitrogens with zero attached hydrogens (tertiary/aromatic N) is 3. The van der Waals surface area contributed by atoms with E-state index in [2.05, 4.69) is 22.5 Å². The van der Waals surface area contributed by atoms with E-state index in [1.54, 1.807) is 12.3 Å². The number of allylic oxidation sites excluding steroid dienone is 1. The Morgan fingerprint density at radius 2 is 1.94 bits per heavy atom. The van der Waals surface area contributed by atoms with Crippen LogP contribution in [0.15, 0.2) is 72.1 Å². The highest BCUT2D eigenvalue weighted by molar-refractivity contribution is 6.42. The first-order chi connectivity index (χ1) is 15.5. The standard InChI is InChI=1S/C25H24Cl2N4O/c1-16-23(25(32)30-13-5-8-19(30)14-17-6-3-2-4-7-17)24(31-22(29-16)11-12-28-31)18-9-10-20(26)21(27)15-18/h2-4,6-7,9-12,15,19,24,29H,5,8,13-14H2,1H3. The maximum atomic E-state index is 14.0. The molecule has 3 heterocycles. The number of carbonyl (C=O) groups is 1. The number of hydrogen-bond donors (Lipinski definition) is 1. The topological polar surface area (TPSA) is 50.2 Å². The van der Waals surface area contributed by atoms with E-state index in [1.807, 2.05) is 52.9 Å². The minimum absolute atomic E-state index is 0.0469. The van der Waals surface area contributed by atoms with Crippen molar-refractivity contribution in [2.75, 3.05) is 11.9 Å². The van der Waals surface area contributed by atoms with Crippen molar-refractivity contribution in [3.63, 3.8) is 0 Å². The molecule has 7 heteroatoms. The van der Waals surface area contributed by atoms with Gasteiger partial charge in [-0.15, -0.1) is 0 Å². The number of anilines is 1. The maximum Gasteiger partial charge on any atom is 0.254 e. The molecule has 164 valence electrons. The molecule has 1 N–H and O–H groups in total. The molecule has 0 spiro atoms. The number of halogens is 2. The molecule has 0 aliphatic carbocycles. The molecule has 5 rings (SSSR count). The third-order valence-electron chi connectivity index (χ3n) is 6.35. The van der Waals surface area contributed by atoms with Crippen LogP contribution in [-0.4, -0.2) is 33.2 Å². The summed E-state index contributed by atoms with van der Waals surface area (Å²) < 4.78 is 1.85. The third-order valence-corrected chi connectivity index (χ3v) is 7.09. The second-order valence-electron chi connectivity index (χ2n) is 8.39. The Labute approximate surface area is 197 Å². The van der Waals surface area contributed by atoms with Gasteiger partial charge in [0, 0.05) is 24.4 Å². The van der Waals surface area contributed by atoms with Crippen LogP contribution in [0.25, 0.3) is 0 Å². The molecule has 0 saturated carbocycles. The molecule has 0 bridgehead atoms. The van der Waals surface area contributed by atoms with Crippen molar-refractivity contribution >= 4 is 34.9 Å². The van der Waals surface area contributed by atoms with Crippen molar-refractivity contribution < 1.29 is 4.79 Å². The molecule has 1 saturated heterocycles. The zero-order valence-electron chi connectivity index (χ0n) is 17.8. The Hall–Kier alpha value is -2.76. The third kappa shape index (κ3) is 3.80. The Morgan fingerprint density at radius 1 is 1.12 bits per heavy atom. The minimum atomic E-state index is -0.374. The molecule has 5 nitrogen and oxygen atoms in total. The fourth-order valence-corrected chi connectivity index (χ4v) is 5.14. The lowest BCUT2D eigenvalue weighted by atomic mass is 9.93. The minimum Gasteiger partial charge on any atom is -0.344 e. The molecular weight excluding hydrogens is 443 g/mol. The summed E-state index contributed by atoms with van der Waals surface area (Å²) in [5.74, 6) is 0.892. The summed E-state index contributed by atoms with van der Waals surface area (Å²) in [5.41, 5.74) is 3.66. The Balaban J connectivity index is 1.52. The Bertz CT molecular complexity index is 1190. The van der Waals surface area contributed by atoms with E-state index in [0.717, 1.165) is 42.9 Å². The van der Waals surface area contributed by atoms with Gasteiger partial charge < -0.3 is 10.2 Å².